The highest BCUT2D eigenvalue weighted by molar-refractivity contribution is 5.44. The van der Waals surface area contributed by atoms with Gasteiger partial charge in [0.05, 0.1) is 0 Å². The zero-order valence-corrected chi connectivity index (χ0v) is 9.29. The van der Waals surface area contributed by atoms with Gasteiger partial charge in [0.15, 0.2) is 0 Å². The number of hydrogen-bond donors (Lipinski definition) is 3. The summed E-state index contributed by atoms with van der Waals surface area (Å²) in [6.45, 7) is 3.19. The van der Waals surface area contributed by atoms with E-state index in [9.17, 15) is 0 Å². The second-order valence-electron chi connectivity index (χ2n) is 3.54. The zero-order valence-electron chi connectivity index (χ0n) is 9.29. The van der Waals surface area contributed by atoms with Gasteiger partial charge in [-0.25, -0.2) is 10.8 Å². The molecule has 0 unspecified atom stereocenters. The van der Waals surface area contributed by atoms with E-state index in [1.165, 1.54) is 25.7 Å². The molecule has 0 fully saturated rings. The Labute approximate surface area is 91.3 Å². The first kappa shape index (κ1) is 11.8. The number of nitrogens with one attached hydrogen (secondary N) is 2. The Hall–Kier alpha value is -1.29. The molecule has 0 saturated carbocycles. The lowest BCUT2D eigenvalue weighted by Gasteiger charge is -2.06. The molecule has 1 aromatic heterocycles. The van der Waals surface area contributed by atoms with E-state index in [0.717, 1.165) is 12.4 Å². The normalized spacial score (nSPS) is 10.0. The largest absolute Gasteiger partial charge is 0.370 e. The summed E-state index contributed by atoms with van der Waals surface area (Å²) in [5.74, 6) is 6.84. The van der Waals surface area contributed by atoms with Crippen LogP contribution in [0.1, 0.15) is 32.6 Å². The minimum absolute atomic E-state index is 0.688. The van der Waals surface area contributed by atoms with Crippen LogP contribution in [0, 0.1) is 0 Å². The number of rotatable bonds is 7. The van der Waals surface area contributed by atoms with Crippen LogP contribution in [0.15, 0.2) is 18.2 Å². The molecule has 4 heteroatoms. The van der Waals surface area contributed by atoms with Gasteiger partial charge in [-0.3, -0.25) is 0 Å². The number of nitrogen functional groups attached to an aromatic ring is 1. The molecule has 0 aliphatic rings. The molecule has 0 bridgehead atoms. The van der Waals surface area contributed by atoms with E-state index in [-0.39, 0.29) is 0 Å². The highest BCUT2D eigenvalue weighted by Gasteiger charge is 1.94. The summed E-state index contributed by atoms with van der Waals surface area (Å²) in [5.41, 5.74) is 2.53. The van der Waals surface area contributed by atoms with Crippen LogP contribution in [0.25, 0.3) is 0 Å². The number of hydrogen-bond acceptors (Lipinski definition) is 4. The fourth-order valence-electron chi connectivity index (χ4n) is 1.38. The molecule has 4 nitrogen and oxygen atoms in total. The van der Waals surface area contributed by atoms with Crippen LogP contribution in [0.2, 0.25) is 0 Å². The molecule has 4 N–H and O–H groups in total. The van der Waals surface area contributed by atoms with Crippen molar-refractivity contribution < 1.29 is 0 Å². The molecular formula is C11H20N4. The molecule has 1 heterocycles. The third-order valence-electron chi connectivity index (χ3n) is 2.23. The molecule has 84 valence electrons. The van der Waals surface area contributed by atoms with Crippen molar-refractivity contribution in [3.05, 3.63) is 18.2 Å². The molecule has 0 amide bonds. The van der Waals surface area contributed by atoms with Gasteiger partial charge in [0, 0.05) is 6.54 Å². The van der Waals surface area contributed by atoms with Crippen LogP contribution in [0.3, 0.4) is 0 Å². The average Bonchev–Trinajstić information content (AvgIpc) is 2.29. The first-order valence-electron chi connectivity index (χ1n) is 5.54. The number of anilines is 2. The molecular weight excluding hydrogens is 188 g/mol. The summed E-state index contributed by atoms with van der Waals surface area (Å²) in [7, 11) is 0. The standard InChI is InChI=1S/C11H20N4/c1-2-3-4-5-9-13-10-7-6-8-11(14-10)15-12/h6-8H,2-5,9,12H2,1H3,(H2,13,14,15). The third-order valence-corrected chi connectivity index (χ3v) is 2.23. The Kier molecular flexibility index (Phi) is 5.55. The van der Waals surface area contributed by atoms with Gasteiger partial charge in [0.1, 0.15) is 11.6 Å². The first-order chi connectivity index (χ1) is 7.36. The molecule has 15 heavy (non-hydrogen) atoms. The molecule has 1 rings (SSSR count). The van der Waals surface area contributed by atoms with Gasteiger partial charge >= 0.3 is 0 Å². The number of nitrogens with two attached hydrogens (primary N) is 1. The highest BCUT2D eigenvalue weighted by atomic mass is 15.3. The van der Waals surface area contributed by atoms with E-state index in [1.54, 1.807) is 0 Å². The van der Waals surface area contributed by atoms with E-state index < -0.39 is 0 Å². The number of aromatic nitrogens is 1. The van der Waals surface area contributed by atoms with Crippen molar-refractivity contribution in [3.8, 4) is 0 Å². The maximum absolute atomic E-state index is 5.27. The predicted octanol–water partition coefficient (Wildman–Crippen LogP) is 2.36. The van der Waals surface area contributed by atoms with Gasteiger partial charge in [-0.1, -0.05) is 32.3 Å². The summed E-state index contributed by atoms with van der Waals surface area (Å²) in [4.78, 5) is 4.26. The van der Waals surface area contributed by atoms with Crippen molar-refractivity contribution in [3.63, 3.8) is 0 Å². The van der Waals surface area contributed by atoms with E-state index in [1.807, 2.05) is 18.2 Å². The summed E-state index contributed by atoms with van der Waals surface area (Å²) < 4.78 is 0. The van der Waals surface area contributed by atoms with Crippen LogP contribution in [-0.4, -0.2) is 11.5 Å². The summed E-state index contributed by atoms with van der Waals surface area (Å²) >= 11 is 0. The van der Waals surface area contributed by atoms with Gasteiger partial charge in [-0.05, 0) is 18.6 Å². The van der Waals surface area contributed by atoms with Crippen molar-refractivity contribution in [2.75, 3.05) is 17.3 Å². The van der Waals surface area contributed by atoms with Crippen LogP contribution < -0.4 is 16.6 Å². The van der Waals surface area contributed by atoms with Crippen molar-refractivity contribution in [1.82, 2.24) is 4.98 Å². The quantitative estimate of drug-likeness (QED) is 0.366. The van der Waals surface area contributed by atoms with Crippen LogP contribution in [0.4, 0.5) is 11.6 Å². The highest BCUT2D eigenvalue weighted by Crippen LogP contribution is 2.08. The molecule has 0 aliphatic heterocycles. The Morgan fingerprint density at radius 3 is 2.73 bits per heavy atom. The lowest BCUT2D eigenvalue weighted by molar-refractivity contribution is 0.684. The molecule has 1 aromatic rings. The topological polar surface area (TPSA) is 63.0 Å². The Balaban J connectivity index is 2.24. The number of unbranched alkanes of at least 4 members (excludes halogenated alkanes) is 3. The number of hydrazine groups is 1. The average molecular weight is 208 g/mol. The molecule has 0 aromatic carbocycles. The number of pyridine rings is 1. The second kappa shape index (κ2) is 7.06. The molecule has 0 spiro atoms. The fraction of sp³-hybridized carbons (Fsp3) is 0.545. The van der Waals surface area contributed by atoms with E-state index in [0.29, 0.717) is 5.82 Å². The summed E-state index contributed by atoms with van der Waals surface area (Å²) in [5, 5.41) is 3.27. The van der Waals surface area contributed by atoms with Gasteiger partial charge in [0.2, 0.25) is 0 Å². The minimum Gasteiger partial charge on any atom is -0.370 e. The van der Waals surface area contributed by atoms with Gasteiger partial charge in [0.25, 0.3) is 0 Å². The predicted molar refractivity (Wildman–Crippen MR) is 64.7 cm³/mol. The summed E-state index contributed by atoms with van der Waals surface area (Å²) in [6.07, 6.45) is 5.04. The molecule has 0 aliphatic carbocycles. The van der Waals surface area contributed by atoms with Crippen LogP contribution in [0.5, 0.6) is 0 Å². The van der Waals surface area contributed by atoms with Crippen molar-refractivity contribution in [1.29, 1.82) is 0 Å². The van der Waals surface area contributed by atoms with E-state index in [4.69, 9.17) is 5.84 Å². The lowest BCUT2D eigenvalue weighted by atomic mass is 10.2. The molecule has 0 radical (unpaired) electrons. The molecule has 0 atom stereocenters. The maximum atomic E-state index is 5.27. The van der Waals surface area contributed by atoms with Crippen LogP contribution in [-0.2, 0) is 0 Å². The van der Waals surface area contributed by atoms with Crippen molar-refractivity contribution in [2.24, 2.45) is 5.84 Å². The van der Waals surface area contributed by atoms with Crippen molar-refractivity contribution >= 4 is 11.6 Å². The first-order valence-corrected chi connectivity index (χ1v) is 5.54. The van der Waals surface area contributed by atoms with Crippen molar-refractivity contribution in [2.45, 2.75) is 32.6 Å². The SMILES string of the molecule is CCCCCCNc1cccc(NN)n1. The fourth-order valence-corrected chi connectivity index (χ4v) is 1.38. The molecule has 0 saturated heterocycles. The van der Waals surface area contributed by atoms with Gasteiger partial charge in [-0.2, -0.15) is 0 Å². The summed E-state index contributed by atoms with van der Waals surface area (Å²) in [6, 6.07) is 5.71. The van der Waals surface area contributed by atoms with E-state index in [2.05, 4.69) is 22.7 Å². The lowest BCUT2D eigenvalue weighted by Crippen LogP contribution is -2.10. The maximum Gasteiger partial charge on any atom is 0.142 e. The smallest absolute Gasteiger partial charge is 0.142 e. The Bertz CT molecular complexity index is 275. The van der Waals surface area contributed by atoms with Gasteiger partial charge < -0.3 is 10.7 Å². The number of nitrogens with zero attached hydrogens (tertiary/aromatic N) is 1. The zero-order chi connectivity index (χ0) is 10.9. The van der Waals surface area contributed by atoms with Gasteiger partial charge in [-0.15, -0.1) is 0 Å². The van der Waals surface area contributed by atoms with E-state index >= 15 is 0 Å². The monoisotopic (exact) mass is 208 g/mol. The Morgan fingerprint density at radius 2 is 2.00 bits per heavy atom. The second-order valence-corrected chi connectivity index (χ2v) is 3.54. The van der Waals surface area contributed by atoms with Crippen LogP contribution >= 0.6 is 0 Å². The Morgan fingerprint density at radius 1 is 1.20 bits per heavy atom. The third kappa shape index (κ3) is 4.65. The minimum atomic E-state index is 0.688.